The second kappa shape index (κ2) is 6.82. The fourth-order valence-electron chi connectivity index (χ4n) is 1.54. The molecule has 0 saturated carbocycles. The van der Waals surface area contributed by atoms with Crippen LogP contribution in [0.15, 0.2) is 17.0 Å². The molecule has 20 heavy (non-hydrogen) atoms. The van der Waals surface area contributed by atoms with E-state index < -0.39 is 0 Å². The molecule has 1 aromatic rings. The molecule has 0 aliphatic carbocycles. The van der Waals surface area contributed by atoms with Crippen LogP contribution in [-0.4, -0.2) is 17.7 Å². The van der Waals surface area contributed by atoms with Gasteiger partial charge in [-0.3, -0.25) is 10.2 Å². The van der Waals surface area contributed by atoms with Crippen LogP contribution in [0.3, 0.4) is 0 Å². The molecule has 0 bridgehead atoms. The number of amides is 1. The molecule has 0 unspecified atom stereocenters. The van der Waals surface area contributed by atoms with E-state index in [0.29, 0.717) is 10.7 Å². The summed E-state index contributed by atoms with van der Waals surface area (Å²) < 4.78 is 7.52. The zero-order chi connectivity index (χ0) is 14.7. The second-order valence-electron chi connectivity index (χ2n) is 3.69. The number of nitrogens with one attached hydrogen (secondary N) is 2. The normalized spacial score (nSPS) is 16.1. The number of thioether (sulfide) groups is 1. The molecule has 2 N–H and O–H groups in total. The molecule has 1 fully saturated rings. The van der Waals surface area contributed by atoms with E-state index in [1.54, 1.807) is 6.08 Å². The number of terminal acetylenes is 1. The van der Waals surface area contributed by atoms with Gasteiger partial charge in [0.1, 0.15) is 12.4 Å². The Balaban J connectivity index is 2.45. The molecule has 1 aromatic carbocycles. The van der Waals surface area contributed by atoms with Crippen molar-refractivity contribution in [1.29, 1.82) is 5.41 Å². The number of rotatable bonds is 3. The fourth-order valence-corrected chi connectivity index (χ4v) is 4.28. The molecule has 1 aliphatic rings. The van der Waals surface area contributed by atoms with E-state index in [9.17, 15) is 4.79 Å². The van der Waals surface area contributed by atoms with Crippen molar-refractivity contribution in [1.82, 2.24) is 5.32 Å². The summed E-state index contributed by atoms with van der Waals surface area (Å²) in [6, 6.07) is 3.89. The zero-order valence-corrected chi connectivity index (χ0v) is 15.1. The third-order valence-electron chi connectivity index (χ3n) is 2.29. The van der Waals surface area contributed by atoms with Gasteiger partial charge in [-0.05, 0) is 75.2 Å². The quantitative estimate of drug-likeness (QED) is 0.374. The maximum atomic E-state index is 11.7. The number of carbonyl (C=O) groups is 1. The van der Waals surface area contributed by atoms with Gasteiger partial charge in [-0.15, -0.1) is 6.42 Å². The van der Waals surface area contributed by atoms with Gasteiger partial charge in [0, 0.05) is 9.13 Å². The summed E-state index contributed by atoms with van der Waals surface area (Å²) in [6.45, 7) is 0.169. The highest BCUT2D eigenvalue weighted by atomic mass is 127. The minimum absolute atomic E-state index is 0.132. The van der Waals surface area contributed by atoms with Crippen LogP contribution in [0.2, 0.25) is 0 Å². The van der Waals surface area contributed by atoms with Gasteiger partial charge in [-0.1, -0.05) is 5.92 Å². The molecule has 0 spiro atoms. The average molecular weight is 510 g/mol. The number of amidine groups is 1. The number of halogens is 2. The predicted octanol–water partition coefficient (Wildman–Crippen LogP) is 3.05. The van der Waals surface area contributed by atoms with Gasteiger partial charge in [-0.25, -0.2) is 0 Å². The summed E-state index contributed by atoms with van der Waals surface area (Å²) in [6.07, 6.45) is 6.94. The standard InChI is InChI=1S/C13H8I2N2O2S/c1-2-3-19-11-7(4-8(14)6-9(11)15)5-10-12(18)17-13(16)20-10/h1,4-6H,3H2,(H2,16,17,18)/b10-5-. The van der Waals surface area contributed by atoms with Crippen LogP contribution in [0.25, 0.3) is 6.08 Å². The van der Waals surface area contributed by atoms with Gasteiger partial charge >= 0.3 is 0 Å². The highest BCUT2D eigenvalue weighted by Crippen LogP contribution is 2.33. The Bertz CT molecular complexity index is 665. The Hall–Kier alpha value is -0.730. The molecule has 1 saturated heterocycles. The highest BCUT2D eigenvalue weighted by molar-refractivity contribution is 14.1. The van der Waals surface area contributed by atoms with Crippen LogP contribution in [-0.2, 0) is 4.79 Å². The van der Waals surface area contributed by atoms with Crippen molar-refractivity contribution < 1.29 is 9.53 Å². The number of ether oxygens (including phenoxy) is 1. The van der Waals surface area contributed by atoms with Crippen LogP contribution < -0.4 is 10.1 Å². The second-order valence-corrected chi connectivity index (χ2v) is 7.15. The van der Waals surface area contributed by atoms with E-state index in [-0.39, 0.29) is 17.7 Å². The van der Waals surface area contributed by atoms with Crippen LogP contribution >= 0.6 is 56.9 Å². The lowest BCUT2D eigenvalue weighted by Crippen LogP contribution is -2.18. The summed E-state index contributed by atoms with van der Waals surface area (Å²) in [7, 11) is 0. The lowest BCUT2D eigenvalue weighted by Gasteiger charge is -2.10. The van der Waals surface area contributed by atoms with E-state index in [4.69, 9.17) is 16.6 Å². The molecule has 0 atom stereocenters. The van der Waals surface area contributed by atoms with Crippen molar-refractivity contribution in [3.05, 3.63) is 29.7 Å². The van der Waals surface area contributed by atoms with Crippen molar-refractivity contribution in [2.45, 2.75) is 0 Å². The molecular formula is C13H8I2N2O2S. The molecule has 1 heterocycles. The molecule has 0 radical (unpaired) electrons. The third-order valence-corrected chi connectivity index (χ3v) is 4.54. The van der Waals surface area contributed by atoms with E-state index >= 15 is 0 Å². The minimum atomic E-state index is -0.267. The summed E-state index contributed by atoms with van der Waals surface area (Å²) >= 11 is 5.47. The third kappa shape index (κ3) is 3.67. The average Bonchev–Trinajstić information content (AvgIpc) is 2.66. The van der Waals surface area contributed by atoms with E-state index in [1.165, 1.54) is 0 Å². The number of benzene rings is 1. The topological polar surface area (TPSA) is 62.2 Å². The van der Waals surface area contributed by atoms with Gasteiger partial charge in [-0.2, -0.15) is 0 Å². The van der Waals surface area contributed by atoms with E-state index in [1.807, 2.05) is 12.1 Å². The predicted molar refractivity (Wildman–Crippen MR) is 97.6 cm³/mol. The molecule has 7 heteroatoms. The highest BCUT2D eigenvalue weighted by Gasteiger charge is 2.23. The Labute approximate surface area is 147 Å². The molecule has 2 rings (SSSR count). The van der Waals surface area contributed by atoms with Gasteiger partial charge in [0.05, 0.1) is 8.48 Å². The van der Waals surface area contributed by atoms with Crippen LogP contribution in [0, 0.1) is 24.9 Å². The lowest BCUT2D eigenvalue weighted by molar-refractivity contribution is -0.115. The Morgan fingerprint density at radius 3 is 2.85 bits per heavy atom. The first kappa shape index (κ1) is 15.7. The number of hydrogen-bond donors (Lipinski definition) is 2. The smallest absolute Gasteiger partial charge is 0.264 e. The largest absolute Gasteiger partial charge is 0.479 e. The van der Waals surface area contributed by atoms with Crippen LogP contribution in [0.5, 0.6) is 5.75 Å². The molecule has 102 valence electrons. The van der Waals surface area contributed by atoms with Crippen molar-refractivity contribution >= 4 is 74.1 Å². The van der Waals surface area contributed by atoms with Crippen molar-refractivity contribution in [3.8, 4) is 18.1 Å². The Morgan fingerprint density at radius 1 is 1.50 bits per heavy atom. The Morgan fingerprint density at radius 2 is 2.25 bits per heavy atom. The summed E-state index contributed by atoms with van der Waals surface area (Å²) in [5, 5.41) is 10.0. The summed E-state index contributed by atoms with van der Waals surface area (Å²) in [4.78, 5) is 12.1. The monoisotopic (exact) mass is 510 g/mol. The van der Waals surface area contributed by atoms with Gasteiger partial charge in [0.15, 0.2) is 5.17 Å². The fraction of sp³-hybridized carbons (Fsp3) is 0.0769. The molecular weight excluding hydrogens is 502 g/mol. The maximum Gasteiger partial charge on any atom is 0.264 e. The molecule has 0 aromatic heterocycles. The minimum Gasteiger partial charge on any atom is -0.479 e. The van der Waals surface area contributed by atoms with Gasteiger partial charge < -0.3 is 10.1 Å². The van der Waals surface area contributed by atoms with Crippen molar-refractivity contribution in [3.63, 3.8) is 0 Å². The van der Waals surface area contributed by atoms with Crippen LogP contribution in [0.4, 0.5) is 0 Å². The first-order valence-corrected chi connectivity index (χ1v) is 8.33. The van der Waals surface area contributed by atoms with E-state index in [2.05, 4.69) is 56.4 Å². The summed E-state index contributed by atoms with van der Waals surface area (Å²) in [5.74, 6) is 2.82. The zero-order valence-electron chi connectivity index (χ0n) is 10.00. The molecule has 1 aliphatic heterocycles. The van der Waals surface area contributed by atoms with Gasteiger partial charge in [0.2, 0.25) is 0 Å². The van der Waals surface area contributed by atoms with Crippen molar-refractivity contribution in [2.75, 3.05) is 6.61 Å². The first-order chi connectivity index (χ1) is 9.51. The maximum absolute atomic E-state index is 11.7. The SMILES string of the molecule is C#CCOc1c(I)cc(I)cc1/C=C1\SC(=N)NC1=O. The number of carbonyl (C=O) groups excluding carboxylic acids is 1. The lowest BCUT2D eigenvalue weighted by atomic mass is 10.2. The van der Waals surface area contributed by atoms with Gasteiger partial charge in [0.25, 0.3) is 5.91 Å². The molecule has 1 amide bonds. The summed E-state index contributed by atoms with van der Waals surface area (Å²) in [5.41, 5.74) is 0.781. The Kier molecular flexibility index (Phi) is 5.34. The molecule has 4 nitrogen and oxygen atoms in total. The number of hydrogen-bond acceptors (Lipinski definition) is 4. The first-order valence-electron chi connectivity index (χ1n) is 5.36. The van der Waals surface area contributed by atoms with E-state index in [0.717, 1.165) is 24.5 Å². The van der Waals surface area contributed by atoms with Crippen molar-refractivity contribution in [2.24, 2.45) is 0 Å². The van der Waals surface area contributed by atoms with Crippen LogP contribution in [0.1, 0.15) is 5.56 Å².